The lowest BCUT2D eigenvalue weighted by Gasteiger charge is -2.22. The summed E-state index contributed by atoms with van der Waals surface area (Å²) in [6, 6.07) is 7.53. The first-order chi connectivity index (χ1) is 12.1. The molecule has 0 aromatic heterocycles. The van der Waals surface area contributed by atoms with Gasteiger partial charge in [-0.15, -0.1) is 0 Å². The lowest BCUT2D eigenvalue weighted by Crippen LogP contribution is -2.33. The molecule has 0 atom stereocenters. The van der Waals surface area contributed by atoms with Crippen molar-refractivity contribution in [3.8, 4) is 0 Å². The second-order valence-corrected chi connectivity index (χ2v) is 5.37. The number of hydrogen-bond acceptors (Lipinski definition) is 4. The molecule has 0 aliphatic heterocycles. The number of carbonyl (C=O) groups excluding carboxylic acids is 3. The number of fused-ring (bicyclic) bond motifs is 2. The molecule has 0 radical (unpaired) electrons. The third-order valence-electron chi connectivity index (χ3n) is 3.82. The van der Waals surface area contributed by atoms with E-state index in [1.54, 1.807) is 0 Å². The predicted molar refractivity (Wildman–Crippen MR) is 81.4 cm³/mol. The number of aromatic carboxylic acids is 1. The van der Waals surface area contributed by atoms with E-state index in [1.165, 1.54) is 29.6 Å². The van der Waals surface area contributed by atoms with Gasteiger partial charge in [-0.2, -0.15) is 13.2 Å². The van der Waals surface area contributed by atoms with E-state index in [0.29, 0.717) is 0 Å². The second-order valence-electron chi connectivity index (χ2n) is 5.37. The number of nitrogens with one attached hydrogen (secondary N) is 1. The Kier molecular flexibility index (Phi) is 3.87. The van der Waals surface area contributed by atoms with E-state index in [9.17, 15) is 37.5 Å². The molecule has 6 nitrogen and oxygen atoms in total. The minimum absolute atomic E-state index is 0.0428. The molecule has 3 rings (SSSR count). The molecule has 0 heterocycles. The van der Waals surface area contributed by atoms with Crippen LogP contribution in [-0.4, -0.2) is 34.7 Å². The summed E-state index contributed by atoms with van der Waals surface area (Å²) in [5.41, 5.74) is -2.49. The minimum atomic E-state index is -5.31. The summed E-state index contributed by atoms with van der Waals surface area (Å²) < 4.78 is 37.8. The number of amides is 1. The third-order valence-corrected chi connectivity index (χ3v) is 3.82. The number of ketones is 2. The van der Waals surface area contributed by atoms with Gasteiger partial charge >= 0.3 is 18.1 Å². The van der Waals surface area contributed by atoms with Crippen LogP contribution in [0.2, 0.25) is 0 Å². The van der Waals surface area contributed by atoms with Gasteiger partial charge in [0.2, 0.25) is 0 Å². The van der Waals surface area contributed by atoms with E-state index < -0.39 is 46.4 Å². The molecule has 2 N–H and O–H groups in total. The zero-order valence-electron chi connectivity index (χ0n) is 12.7. The SMILES string of the molecule is O=C(O)c1ccc2c(c1NC(=O)C(F)(F)F)C(=O)c1ccccc1C2=O. The highest BCUT2D eigenvalue weighted by atomic mass is 19.4. The normalized spacial score (nSPS) is 13.0. The Morgan fingerprint density at radius 2 is 1.46 bits per heavy atom. The molecule has 0 unspecified atom stereocenters. The van der Waals surface area contributed by atoms with Crippen LogP contribution >= 0.6 is 0 Å². The lowest BCUT2D eigenvalue weighted by molar-refractivity contribution is -0.167. The van der Waals surface area contributed by atoms with Gasteiger partial charge in [0.15, 0.2) is 11.6 Å². The molecule has 26 heavy (non-hydrogen) atoms. The van der Waals surface area contributed by atoms with Gasteiger partial charge in [0, 0.05) is 16.7 Å². The maximum absolute atomic E-state index is 12.7. The number of halogens is 3. The van der Waals surface area contributed by atoms with Gasteiger partial charge in [-0.05, 0) is 12.1 Å². The second kappa shape index (κ2) is 5.80. The molecule has 2 aromatic rings. The van der Waals surface area contributed by atoms with E-state index >= 15 is 0 Å². The Hall–Kier alpha value is -3.49. The van der Waals surface area contributed by atoms with Crippen LogP contribution in [0.3, 0.4) is 0 Å². The highest BCUT2D eigenvalue weighted by molar-refractivity contribution is 6.31. The molecule has 1 aliphatic carbocycles. The van der Waals surface area contributed by atoms with Crippen LogP contribution in [0.1, 0.15) is 42.2 Å². The lowest BCUT2D eigenvalue weighted by atomic mass is 9.82. The third kappa shape index (κ3) is 2.63. The van der Waals surface area contributed by atoms with Gasteiger partial charge in [0.1, 0.15) is 0 Å². The zero-order chi connectivity index (χ0) is 19.2. The van der Waals surface area contributed by atoms with Gasteiger partial charge in [0.05, 0.1) is 16.8 Å². The molecular weight excluding hydrogens is 355 g/mol. The first-order valence-electron chi connectivity index (χ1n) is 7.10. The monoisotopic (exact) mass is 363 g/mol. The number of rotatable bonds is 2. The van der Waals surface area contributed by atoms with Crippen molar-refractivity contribution in [3.05, 3.63) is 64.2 Å². The molecule has 0 fully saturated rings. The van der Waals surface area contributed by atoms with E-state index in [2.05, 4.69) is 0 Å². The first-order valence-corrected chi connectivity index (χ1v) is 7.10. The van der Waals surface area contributed by atoms with Crippen molar-refractivity contribution in [3.63, 3.8) is 0 Å². The molecule has 0 spiro atoms. The van der Waals surface area contributed by atoms with Gasteiger partial charge in [-0.1, -0.05) is 24.3 Å². The highest BCUT2D eigenvalue weighted by Crippen LogP contribution is 2.35. The van der Waals surface area contributed by atoms with Crippen LogP contribution < -0.4 is 5.32 Å². The van der Waals surface area contributed by atoms with Crippen LogP contribution in [0.25, 0.3) is 0 Å². The van der Waals surface area contributed by atoms with Crippen molar-refractivity contribution in [2.45, 2.75) is 6.18 Å². The average molecular weight is 363 g/mol. The largest absolute Gasteiger partial charge is 0.478 e. The molecule has 0 saturated heterocycles. The number of benzene rings is 2. The summed E-state index contributed by atoms with van der Waals surface area (Å²) in [6.45, 7) is 0. The van der Waals surface area contributed by atoms with Crippen molar-refractivity contribution in [2.75, 3.05) is 5.32 Å². The van der Waals surface area contributed by atoms with Crippen molar-refractivity contribution in [2.24, 2.45) is 0 Å². The Labute approximate surface area is 143 Å². The molecule has 0 bridgehead atoms. The zero-order valence-corrected chi connectivity index (χ0v) is 12.7. The first kappa shape index (κ1) is 17.3. The Morgan fingerprint density at radius 1 is 0.885 bits per heavy atom. The maximum Gasteiger partial charge on any atom is 0.471 e. The van der Waals surface area contributed by atoms with Gasteiger partial charge < -0.3 is 10.4 Å². The maximum atomic E-state index is 12.7. The fraction of sp³-hybridized carbons (Fsp3) is 0.0588. The number of hydrogen-bond donors (Lipinski definition) is 2. The van der Waals surface area contributed by atoms with Gasteiger partial charge in [0.25, 0.3) is 0 Å². The highest BCUT2D eigenvalue weighted by Gasteiger charge is 2.41. The van der Waals surface area contributed by atoms with Gasteiger partial charge in [-0.25, -0.2) is 4.79 Å². The molecule has 2 aromatic carbocycles. The smallest absolute Gasteiger partial charge is 0.471 e. The number of anilines is 1. The molecule has 1 aliphatic rings. The summed E-state index contributed by atoms with van der Waals surface area (Å²) in [5, 5.41) is 10.6. The van der Waals surface area contributed by atoms with E-state index in [1.807, 2.05) is 0 Å². The van der Waals surface area contributed by atoms with Crippen molar-refractivity contribution < 1.29 is 37.5 Å². The van der Waals surface area contributed by atoms with Gasteiger partial charge in [-0.3, -0.25) is 14.4 Å². The topological polar surface area (TPSA) is 101 Å². The summed E-state index contributed by atoms with van der Waals surface area (Å²) in [5.74, 6) is -5.62. The average Bonchev–Trinajstić information content (AvgIpc) is 2.58. The van der Waals surface area contributed by atoms with Crippen molar-refractivity contribution in [1.29, 1.82) is 0 Å². The fourth-order valence-corrected chi connectivity index (χ4v) is 2.68. The van der Waals surface area contributed by atoms with E-state index in [0.717, 1.165) is 12.1 Å². The molecule has 1 amide bonds. The minimum Gasteiger partial charge on any atom is -0.478 e. The summed E-state index contributed by atoms with van der Waals surface area (Å²) in [7, 11) is 0. The standard InChI is InChI=1S/C17H8F3NO5/c18-17(19,20)16(26)21-12-10(15(24)25)6-5-9-11(12)14(23)8-4-2-1-3-7(8)13(9)22/h1-6H,(H,21,26)(H,24,25). The molecule has 132 valence electrons. The number of carboxylic acid groups (broad SMARTS) is 1. The van der Waals surface area contributed by atoms with Crippen molar-refractivity contribution >= 4 is 29.1 Å². The molecule has 0 saturated carbocycles. The van der Waals surface area contributed by atoms with Crippen LogP contribution in [0.15, 0.2) is 36.4 Å². The number of alkyl halides is 3. The molecule has 9 heteroatoms. The van der Waals surface area contributed by atoms with E-state index in [-0.39, 0.29) is 16.7 Å². The van der Waals surface area contributed by atoms with Crippen LogP contribution in [0.4, 0.5) is 18.9 Å². The van der Waals surface area contributed by atoms with Crippen molar-refractivity contribution in [1.82, 2.24) is 0 Å². The molecular formula is C17H8F3NO5. The number of carbonyl (C=O) groups is 4. The Bertz CT molecular complexity index is 994. The Balaban J connectivity index is 2.27. The fourth-order valence-electron chi connectivity index (χ4n) is 2.68. The summed E-state index contributed by atoms with van der Waals surface area (Å²) >= 11 is 0. The quantitative estimate of drug-likeness (QED) is 0.729. The van der Waals surface area contributed by atoms with E-state index in [4.69, 9.17) is 0 Å². The van der Waals surface area contributed by atoms with Crippen LogP contribution in [0.5, 0.6) is 0 Å². The summed E-state index contributed by atoms with van der Waals surface area (Å²) in [4.78, 5) is 47.9. The van der Waals surface area contributed by atoms with Crippen LogP contribution in [-0.2, 0) is 4.79 Å². The Morgan fingerprint density at radius 3 is 2.00 bits per heavy atom. The van der Waals surface area contributed by atoms with Crippen LogP contribution in [0, 0.1) is 0 Å². The predicted octanol–water partition coefficient (Wildman–Crippen LogP) is 2.66. The number of carboxylic acids is 1. The summed E-state index contributed by atoms with van der Waals surface area (Å²) in [6.07, 6.45) is -5.31.